The molecule has 0 spiro atoms. The highest BCUT2D eigenvalue weighted by Crippen LogP contribution is 2.40. The number of nitrogens with zero attached hydrogens (tertiary/aromatic N) is 1. The molecule has 0 saturated carbocycles. The summed E-state index contributed by atoms with van der Waals surface area (Å²) in [6, 6.07) is 5.50. The van der Waals surface area contributed by atoms with Crippen LogP contribution in [0.1, 0.15) is 43.7 Å². The van der Waals surface area contributed by atoms with Gasteiger partial charge in [0.25, 0.3) is 0 Å². The molecule has 0 aromatic heterocycles. The highest BCUT2D eigenvalue weighted by atomic mass is 16.5. The van der Waals surface area contributed by atoms with Crippen molar-refractivity contribution < 1.29 is 19.1 Å². The molecular weight excluding hydrogens is 282 g/mol. The van der Waals surface area contributed by atoms with E-state index in [0.29, 0.717) is 30.8 Å². The standard InChI is InChI=1S/C17H21NO4/c1-21-15-7-6-11(8-16(15)22-2)14-10-13(19)9-12-4-3-5-17(20)18(12)14/h6-8,12,14H,3-5,9-10H2,1-2H3/t12-,14+/m0/s1. The van der Waals surface area contributed by atoms with Crippen LogP contribution in [0.25, 0.3) is 0 Å². The Labute approximate surface area is 130 Å². The lowest BCUT2D eigenvalue weighted by Crippen LogP contribution is -2.50. The molecule has 2 heterocycles. The fourth-order valence-corrected chi connectivity index (χ4v) is 3.59. The van der Waals surface area contributed by atoms with Crippen molar-refractivity contribution in [3.8, 4) is 11.5 Å². The fourth-order valence-electron chi connectivity index (χ4n) is 3.59. The smallest absolute Gasteiger partial charge is 0.223 e. The van der Waals surface area contributed by atoms with E-state index in [4.69, 9.17) is 9.47 Å². The van der Waals surface area contributed by atoms with Crippen LogP contribution >= 0.6 is 0 Å². The van der Waals surface area contributed by atoms with Crippen LogP contribution in [0.5, 0.6) is 11.5 Å². The molecule has 118 valence electrons. The van der Waals surface area contributed by atoms with Gasteiger partial charge in [-0.05, 0) is 30.5 Å². The van der Waals surface area contributed by atoms with Gasteiger partial charge in [-0.1, -0.05) is 6.07 Å². The molecule has 2 aliphatic rings. The van der Waals surface area contributed by atoms with E-state index >= 15 is 0 Å². The molecule has 1 aromatic rings. The maximum Gasteiger partial charge on any atom is 0.223 e. The van der Waals surface area contributed by atoms with Crippen molar-refractivity contribution in [1.29, 1.82) is 0 Å². The van der Waals surface area contributed by atoms with Crippen molar-refractivity contribution >= 4 is 11.7 Å². The molecule has 0 bridgehead atoms. The molecule has 2 aliphatic heterocycles. The van der Waals surface area contributed by atoms with E-state index in [2.05, 4.69) is 0 Å². The first-order chi connectivity index (χ1) is 10.6. The summed E-state index contributed by atoms with van der Waals surface area (Å²) in [6.07, 6.45) is 3.26. The first-order valence-electron chi connectivity index (χ1n) is 7.69. The van der Waals surface area contributed by atoms with E-state index in [1.54, 1.807) is 14.2 Å². The molecule has 0 N–H and O–H groups in total. The van der Waals surface area contributed by atoms with Gasteiger partial charge in [-0.15, -0.1) is 0 Å². The van der Waals surface area contributed by atoms with Gasteiger partial charge in [-0.3, -0.25) is 9.59 Å². The predicted octanol–water partition coefficient (Wildman–Crippen LogP) is 2.49. The van der Waals surface area contributed by atoms with Crippen LogP contribution in [0.2, 0.25) is 0 Å². The van der Waals surface area contributed by atoms with Crippen molar-refractivity contribution in [1.82, 2.24) is 4.90 Å². The van der Waals surface area contributed by atoms with Crippen LogP contribution in [-0.2, 0) is 9.59 Å². The number of hydrogen-bond donors (Lipinski definition) is 0. The van der Waals surface area contributed by atoms with Crippen LogP contribution < -0.4 is 9.47 Å². The Bertz CT molecular complexity index is 598. The Balaban J connectivity index is 1.97. The number of Topliss-reactive ketones (excluding diaryl/α,β-unsaturated/α-hetero) is 1. The molecule has 3 rings (SSSR count). The van der Waals surface area contributed by atoms with Gasteiger partial charge in [0.1, 0.15) is 5.78 Å². The van der Waals surface area contributed by atoms with E-state index in [-0.39, 0.29) is 23.8 Å². The molecule has 5 nitrogen and oxygen atoms in total. The summed E-state index contributed by atoms with van der Waals surface area (Å²) in [4.78, 5) is 26.4. The predicted molar refractivity (Wildman–Crippen MR) is 81.0 cm³/mol. The molecule has 1 amide bonds. The first-order valence-corrected chi connectivity index (χ1v) is 7.69. The lowest BCUT2D eigenvalue weighted by atomic mass is 9.85. The van der Waals surface area contributed by atoms with Crippen molar-refractivity contribution in [2.45, 2.75) is 44.2 Å². The Hall–Kier alpha value is -2.04. The highest BCUT2D eigenvalue weighted by Gasteiger charge is 2.40. The minimum Gasteiger partial charge on any atom is -0.493 e. The molecule has 5 heteroatoms. The van der Waals surface area contributed by atoms with Gasteiger partial charge < -0.3 is 14.4 Å². The second kappa shape index (κ2) is 5.99. The minimum atomic E-state index is -0.182. The van der Waals surface area contributed by atoms with Gasteiger partial charge in [-0.2, -0.15) is 0 Å². The van der Waals surface area contributed by atoms with Gasteiger partial charge in [0, 0.05) is 25.3 Å². The minimum absolute atomic E-state index is 0.0561. The second-order valence-corrected chi connectivity index (χ2v) is 5.92. The zero-order valence-corrected chi connectivity index (χ0v) is 13.0. The van der Waals surface area contributed by atoms with Crippen LogP contribution in [0.4, 0.5) is 0 Å². The van der Waals surface area contributed by atoms with Crippen LogP contribution in [0.3, 0.4) is 0 Å². The van der Waals surface area contributed by atoms with Gasteiger partial charge in [-0.25, -0.2) is 0 Å². The molecule has 0 radical (unpaired) electrons. The van der Waals surface area contributed by atoms with Crippen LogP contribution in [0.15, 0.2) is 18.2 Å². The molecule has 0 aliphatic carbocycles. The third kappa shape index (κ3) is 2.56. The molecule has 1 aromatic carbocycles. The molecule has 22 heavy (non-hydrogen) atoms. The lowest BCUT2D eigenvalue weighted by molar-refractivity contribution is -0.145. The van der Waals surface area contributed by atoms with E-state index in [0.717, 1.165) is 18.4 Å². The number of methoxy groups -OCH3 is 2. The van der Waals surface area contributed by atoms with Crippen molar-refractivity contribution in [3.05, 3.63) is 23.8 Å². The number of benzene rings is 1. The maximum absolute atomic E-state index is 12.4. The fraction of sp³-hybridized carbons (Fsp3) is 0.529. The molecule has 0 unspecified atom stereocenters. The summed E-state index contributed by atoms with van der Waals surface area (Å²) in [5.74, 6) is 1.66. The monoisotopic (exact) mass is 303 g/mol. The molecule has 2 fully saturated rings. The largest absolute Gasteiger partial charge is 0.493 e. The Morgan fingerprint density at radius 1 is 1.09 bits per heavy atom. The summed E-state index contributed by atoms with van der Waals surface area (Å²) >= 11 is 0. The van der Waals surface area contributed by atoms with Crippen LogP contribution in [0, 0.1) is 0 Å². The van der Waals surface area contributed by atoms with Crippen molar-refractivity contribution in [2.75, 3.05) is 14.2 Å². The Morgan fingerprint density at radius 2 is 1.86 bits per heavy atom. The lowest BCUT2D eigenvalue weighted by Gasteiger charge is -2.44. The Kier molecular flexibility index (Phi) is 4.05. The zero-order valence-electron chi connectivity index (χ0n) is 13.0. The normalized spacial score (nSPS) is 24.9. The van der Waals surface area contributed by atoms with Gasteiger partial charge >= 0.3 is 0 Å². The number of amides is 1. The van der Waals surface area contributed by atoms with E-state index < -0.39 is 0 Å². The number of hydrogen-bond acceptors (Lipinski definition) is 4. The second-order valence-electron chi connectivity index (χ2n) is 5.92. The summed E-state index contributed by atoms with van der Waals surface area (Å²) in [7, 11) is 3.17. The van der Waals surface area contributed by atoms with Crippen LogP contribution in [-0.4, -0.2) is 36.9 Å². The molecule has 2 atom stereocenters. The van der Waals surface area contributed by atoms with E-state index in [1.807, 2.05) is 23.1 Å². The van der Waals surface area contributed by atoms with Crippen molar-refractivity contribution in [3.63, 3.8) is 0 Å². The number of fused-ring (bicyclic) bond motifs is 1. The number of ketones is 1. The zero-order chi connectivity index (χ0) is 15.7. The summed E-state index contributed by atoms with van der Waals surface area (Å²) < 4.78 is 10.6. The molecular formula is C17H21NO4. The van der Waals surface area contributed by atoms with E-state index in [9.17, 15) is 9.59 Å². The number of carbonyl (C=O) groups excluding carboxylic acids is 2. The number of carbonyl (C=O) groups is 2. The number of rotatable bonds is 3. The maximum atomic E-state index is 12.4. The molecule has 2 saturated heterocycles. The van der Waals surface area contributed by atoms with Gasteiger partial charge in [0.15, 0.2) is 11.5 Å². The topological polar surface area (TPSA) is 55.8 Å². The third-order valence-corrected chi connectivity index (χ3v) is 4.62. The number of ether oxygens (including phenoxy) is 2. The summed E-state index contributed by atoms with van der Waals surface area (Å²) in [5.41, 5.74) is 0.936. The SMILES string of the molecule is COc1ccc([C@H]2CC(=O)C[C@@H]3CCCC(=O)N32)cc1OC. The summed E-state index contributed by atoms with van der Waals surface area (Å²) in [5, 5.41) is 0. The first kappa shape index (κ1) is 14.9. The van der Waals surface area contributed by atoms with E-state index in [1.165, 1.54) is 0 Å². The van der Waals surface area contributed by atoms with Crippen molar-refractivity contribution in [2.24, 2.45) is 0 Å². The average Bonchev–Trinajstić information content (AvgIpc) is 2.53. The Morgan fingerprint density at radius 3 is 2.59 bits per heavy atom. The quantitative estimate of drug-likeness (QED) is 0.861. The average molecular weight is 303 g/mol. The van der Waals surface area contributed by atoms with Gasteiger partial charge in [0.05, 0.1) is 20.3 Å². The summed E-state index contributed by atoms with van der Waals surface area (Å²) in [6.45, 7) is 0. The number of piperidine rings is 2. The van der Waals surface area contributed by atoms with Gasteiger partial charge in [0.2, 0.25) is 5.91 Å². The highest BCUT2D eigenvalue weighted by molar-refractivity contribution is 5.86. The third-order valence-electron chi connectivity index (χ3n) is 4.62.